The molecule has 1 aromatic rings. The van der Waals surface area contributed by atoms with E-state index in [1.54, 1.807) is 32.9 Å². The number of ether oxygens (including phenoxy) is 2. The monoisotopic (exact) mass is 282 g/mol. The van der Waals surface area contributed by atoms with Gasteiger partial charge in [-0.1, -0.05) is 6.07 Å². The first-order valence-electron chi connectivity index (χ1n) is 6.33. The highest BCUT2D eigenvalue weighted by atomic mass is 16.6. The lowest BCUT2D eigenvalue weighted by molar-refractivity contribution is 0.0505. The van der Waals surface area contributed by atoms with Gasteiger partial charge in [-0.2, -0.15) is 0 Å². The Morgan fingerprint density at radius 3 is 2.60 bits per heavy atom. The number of aromatic hydroxyl groups is 1. The lowest BCUT2D eigenvalue weighted by atomic mass is 10.1. The summed E-state index contributed by atoms with van der Waals surface area (Å²) in [6.07, 6.45) is -0.542. The van der Waals surface area contributed by atoms with E-state index in [9.17, 15) is 9.90 Å². The van der Waals surface area contributed by atoms with Crippen molar-refractivity contribution in [2.45, 2.75) is 32.4 Å². The number of amides is 1. The van der Waals surface area contributed by atoms with E-state index in [1.165, 1.54) is 13.2 Å². The van der Waals surface area contributed by atoms with E-state index < -0.39 is 17.7 Å². The standard InChI is InChI=1S/C14H22N2O4/c1-14(2,3)20-13(18)16-10(8-15)9-5-6-11(17)12(7-9)19-4/h5-7,10,17H,8,15H2,1-4H3,(H,16,18). The van der Waals surface area contributed by atoms with Crippen molar-refractivity contribution in [3.8, 4) is 11.5 Å². The van der Waals surface area contributed by atoms with Gasteiger partial charge in [0.2, 0.25) is 0 Å². The van der Waals surface area contributed by atoms with E-state index >= 15 is 0 Å². The van der Waals surface area contributed by atoms with E-state index in [4.69, 9.17) is 15.2 Å². The van der Waals surface area contributed by atoms with Gasteiger partial charge in [0, 0.05) is 6.54 Å². The summed E-state index contributed by atoms with van der Waals surface area (Å²) < 4.78 is 10.2. The first-order chi connectivity index (χ1) is 9.26. The van der Waals surface area contributed by atoms with Crippen LogP contribution in [0, 0.1) is 0 Å². The minimum atomic E-state index is -0.574. The van der Waals surface area contributed by atoms with E-state index in [-0.39, 0.29) is 12.3 Å². The summed E-state index contributed by atoms with van der Waals surface area (Å²) in [5.41, 5.74) is 5.83. The van der Waals surface area contributed by atoms with Crippen molar-refractivity contribution in [2.75, 3.05) is 13.7 Å². The molecule has 0 bridgehead atoms. The van der Waals surface area contributed by atoms with Gasteiger partial charge >= 0.3 is 6.09 Å². The van der Waals surface area contributed by atoms with Crippen LogP contribution in [0.25, 0.3) is 0 Å². The van der Waals surface area contributed by atoms with Crippen LogP contribution >= 0.6 is 0 Å². The van der Waals surface area contributed by atoms with Gasteiger partial charge in [0.05, 0.1) is 13.2 Å². The number of phenols is 1. The molecule has 20 heavy (non-hydrogen) atoms. The Hall–Kier alpha value is -1.95. The first kappa shape index (κ1) is 16.1. The fraction of sp³-hybridized carbons (Fsp3) is 0.500. The second-order valence-corrected chi connectivity index (χ2v) is 5.37. The van der Waals surface area contributed by atoms with Crippen LogP contribution in [-0.2, 0) is 4.74 Å². The van der Waals surface area contributed by atoms with Gasteiger partial charge in [0.1, 0.15) is 5.60 Å². The summed E-state index contributed by atoms with van der Waals surface area (Å²) in [5.74, 6) is 0.358. The Morgan fingerprint density at radius 1 is 1.45 bits per heavy atom. The average Bonchev–Trinajstić information content (AvgIpc) is 2.34. The molecule has 0 saturated carbocycles. The van der Waals surface area contributed by atoms with Crippen LogP contribution in [0.1, 0.15) is 32.4 Å². The van der Waals surface area contributed by atoms with Gasteiger partial charge in [0.15, 0.2) is 11.5 Å². The summed E-state index contributed by atoms with van der Waals surface area (Å²) in [7, 11) is 1.46. The SMILES string of the molecule is COc1cc(C(CN)NC(=O)OC(C)(C)C)ccc1O. The molecule has 6 nitrogen and oxygen atoms in total. The maximum atomic E-state index is 11.8. The molecule has 0 aliphatic carbocycles. The van der Waals surface area contributed by atoms with Crippen LogP contribution in [-0.4, -0.2) is 30.5 Å². The van der Waals surface area contributed by atoms with Crippen LogP contribution < -0.4 is 15.8 Å². The summed E-state index contributed by atoms with van der Waals surface area (Å²) in [4.78, 5) is 11.8. The lowest BCUT2D eigenvalue weighted by Gasteiger charge is -2.23. The molecule has 0 radical (unpaired) electrons. The molecule has 0 aliphatic heterocycles. The Labute approximate surface area is 118 Å². The number of rotatable bonds is 4. The fourth-order valence-corrected chi connectivity index (χ4v) is 1.64. The topological polar surface area (TPSA) is 93.8 Å². The Kier molecular flexibility index (Phi) is 5.21. The number of phenolic OH excluding ortho intramolecular Hbond substituents is 1. The number of nitrogens with one attached hydrogen (secondary N) is 1. The van der Waals surface area contributed by atoms with E-state index in [0.717, 1.165) is 5.56 Å². The predicted octanol–water partition coefficient (Wildman–Crippen LogP) is 1.93. The molecule has 0 aliphatic rings. The molecule has 1 amide bonds. The molecular weight excluding hydrogens is 260 g/mol. The third-order valence-corrected chi connectivity index (χ3v) is 2.53. The molecule has 0 fully saturated rings. The average molecular weight is 282 g/mol. The van der Waals surface area contributed by atoms with Gasteiger partial charge in [0.25, 0.3) is 0 Å². The molecule has 0 heterocycles. The number of methoxy groups -OCH3 is 1. The third-order valence-electron chi connectivity index (χ3n) is 2.53. The maximum absolute atomic E-state index is 11.8. The van der Waals surface area contributed by atoms with Crippen LogP contribution in [0.15, 0.2) is 18.2 Å². The van der Waals surface area contributed by atoms with Crippen molar-refractivity contribution in [3.63, 3.8) is 0 Å². The molecule has 0 saturated heterocycles. The van der Waals surface area contributed by atoms with Crippen molar-refractivity contribution in [1.82, 2.24) is 5.32 Å². The van der Waals surface area contributed by atoms with Crippen LogP contribution in [0.5, 0.6) is 11.5 Å². The second kappa shape index (κ2) is 6.47. The highest BCUT2D eigenvalue weighted by Crippen LogP contribution is 2.28. The Bertz CT molecular complexity index is 469. The highest BCUT2D eigenvalue weighted by molar-refractivity contribution is 5.68. The lowest BCUT2D eigenvalue weighted by Crippen LogP contribution is -2.37. The molecule has 1 atom stereocenters. The molecule has 1 unspecified atom stereocenters. The molecule has 4 N–H and O–H groups in total. The van der Waals surface area contributed by atoms with E-state index in [0.29, 0.717) is 5.75 Å². The third kappa shape index (κ3) is 4.62. The quantitative estimate of drug-likeness (QED) is 0.784. The van der Waals surface area contributed by atoms with Crippen molar-refractivity contribution in [2.24, 2.45) is 5.73 Å². The van der Waals surface area contributed by atoms with Gasteiger partial charge in [-0.15, -0.1) is 0 Å². The second-order valence-electron chi connectivity index (χ2n) is 5.37. The minimum absolute atomic E-state index is 0.0317. The van der Waals surface area contributed by atoms with Crippen molar-refractivity contribution >= 4 is 6.09 Å². The van der Waals surface area contributed by atoms with Gasteiger partial charge < -0.3 is 25.6 Å². The number of hydrogen-bond donors (Lipinski definition) is 3. The predicted molar refractivity (Wildman–Crippen MR) is 75.8 cm³/mol. The number of nitrogens with two attached hydrogens (primary N) is 1. The van der Waals surface area contributed by atoms with Crippen molar-refractivity contribution in [1.29, 1.82) is 0 Å². The number of benzene rings is 1. The zero-order valence-corrected chi connectivity index (χ0v) is 12.3. The van der Waals surface area contributed by atoms with Gasteiger partial charge in [-0.3, -0.25) is 0 Å². The summed E-state index contributed by atoms with van der Waals surface area (Å²) in [6.45, 7) is 5.56. The zero-order valence-electron chi connectivity index (χ0n) is 12.3. The molecular formula is C14H22N2O4. The molecule has 1 aromatic carbocycles. The van der Waals surface area contributed by atoms with Crippen LogP contribution in [0.3, 0.4) is 0 Å². The number of carbonyl (C=O) groups excluding carboxylic acids is 1. The largest absolute Gasteiger partial charge is 0.504 e. The van der Waals surface area contributed by atoms with Gasteiger partial charge in [-0.05, 0) is 38.5 Å². The number of hydrogen-bond acceptors (Lipinski definition) is 5. The first-order valence-corrected chi connectivity index (χ1v) is 6.33. The van der Waals surface area contributed by atoms with Crippen LogP contribution in [0.4, 0.5) is 4.79 Å². The van der Waals surface area contributed by atoms with Crippen molar-refractivity contribution < 1.29 is 19.4 Å². The van der Waals surface area contributed by atoms with Gasteiger partial charge in [-0.25, -0.2) is 4.79 Å². The maximum Gasteiger partial charge on any atom is 0.408 e. The number of carbonyl (C=O) groups is 1. The zero-order chi connectivity index (χ0) is 15.3. The summed E-state index contributed by atoms with van der Waals surface area (Å²) in [6, 6.07) is 4.38. The van der Waals surface area contributed by atoms with E-state index in [1.807, 2.05) is 0 Å². The van der Waals surface area contributed by atoms with Crippen LogP contribution in [0.2, 0.25) is 0 Å². The molecule has 0 spiro atoms. The van der Waals surface area contributed by atoms with E-state index in [2.05, 4.69) is 5.32 Å². The smallest absolute Gasteiger partial charge is 0.408 e. The molecule has 0 aromatic heterocycles. The molecule has 6 heteroatoms. The minimum Gasteiger partial charge on any atom is -0.504 e. The highest BCUT2D eigenvalue weighted by Gasteiger charge is 2.20. The Morgan fingerprint density at radius 2 is 2.10 bits per heavy atom. The Balaban J connectivity index is 2.83. The molecule has 112 valence electrons. The van der Waals surface area contributed by atoms with Crippen molar-refractivity contribution in [3.05, 3.63) is 23.8 Å². The summed E-state index contributed by atoms with van der Waals surface area (Å²) in [5, 5.41) is 12.2. The summed E-state index contributed by atoms with van der Waals surface area (Å²) >= 11 is 0. The number of alkyl carbamates (subject to hydrolysis) is 1. The fourth-order valence-electron chi connectivity index (χ4n) is 1.64. The molecule has 1 rings (SSSR count). The normalized spacial score (nSPS) is 12.7.